The first-order valence-electron chi connectivity index (χ1n) is 7.08. The summed E-state index contributed by atoms with van der Waals surface area (Å²) in [7, 11) is 0. The Kier molecular flexibility index (Phi) is 3.88. The van der Waals surface area contributed by atoms with Crippen molar-refractivity contribution in [3.8, 4) is 0 Å². The number of fused-ring (bicyclic) bond motifs is 1. The van der Waals surface area contributed by atoms with Gasteiger partial charge in [-0.3, -0.25) is 9.89 Å². The number of rotatable bonds is 3. The molecule has 3 rings (SSSR count). The van der Waals surface area contributed by atoms with Gasteiger partial charge in [-0.2, -0.15) is 0 Å². The van der Waals surface area contributed by atoms with Gasteiger partial charge in [-0.25, -0.2) is 18.7 Å². The zero-order chi connectivity index (χ0) is 17.6. The van der Waals surface area contributed by atoms with Crippen molar-refractivity contribution < 1.29 is 14.3 Å². The van der Waals surface area contributed by atoms with E-state index in [4.69, 9.17) is 11.6 Å². The number of carboxylic acids is 1. The SMILES string of the molecule is Cc1nc2c(C(=O)O)c(C)[nH]n2c(=O)c1Cc1c(F)cccc1Cl. The van der Waals surface area contributed by atoms with Crippen LogP contribution in [0.25, 0.3) is 5.65 Å². The number of hydrogen-bond donors (Lipinski definition) is 2. The second kappa shape index (κ2) is 5.76. The molecule has 3 aromatic rings. The molecule has 0 aliphatic carbocycles. The molecular formula is C16H13ClFN3O3. The molecule has 0 spiro atoms. The fourth-order valence-corrected chi connectivity index (χ4v) is 2.89. The number of carboxylic acid groups (broad SMARTS) is 1. The minimum atomic E-state index is -1.18. The molecule has 6 nitrogen and oxygen atoms in total. The van der Waals surface area contributed by atoms with E-state index in [1.807, 2.05) is 0 Å². The van der Waals surface area contributed by atoms with Crippen LogP contribution in [-0.2, 0) is 6.42 Å². The van der Waals surface area contributed by atoms with Gasteiger partial charge in [-0.15, -0.1) is 0 Å². The Bertz CT molecular complexity index is 1020. The molecule has 0 amide bonds. The first-order valence-corrected chi connectivity index (χ1v) is 7.46. The molecule has 0 bridgehead atoms. The van der Waals surface area contributed by atoms with Crippen LogP contribution in [0.15, 0.2) is 23.0 Å². The number of aromatic nitrogens is 3. The number of halogens is 2. The van der Waals surface area contributed by atoms with Crippen LogP contribution in [0.4, 0.5) is 4.39 Å². The summed E-state index contributed by atoms with van der Waals surface area (Å²) in [5.74, 6) is -1.69. The zero-order valence-electron chi connectivity index (χ0n) is 12.9. The lowest BCUT2D eigenvalue weighted by molar-refractivity contribution is 0.0698. The monoisotopic (exact) mass is 349 g/mol. The number of nitrogens with one attached hydrogen (secondary N) is 1. The zero-order valence-corrected chi connectivity index (χ0v) is 13.6. The van der Waals surface area contributed by atoms with Gasteiger partial charge in [0.15, 0.2) is 5.65 Å². The Morgan fingerprint density at radius 1 is 1.38 bits per heavy atom. The van der Waals surface area contributed by atoms with E-state index in [1.165, 1.54) is 12.1 Å². The first kappa shape index (κ1) is 16.2. The van der Waals surface area contributed by atoms with Gasteiger partial charge in [0.25, 0.3) is 5.56 Å². The van der Waals surface area contributed by atoms with Crippen LogP contribution in [-0.4, -0.2) is 25.7 Å². The van der Waals surface area contributed by atoms with Gasteiger partial charge in [0.05, 0.1) is 0 Å². The summed E-state index contributed by atoms with van der Waals surface area (Å²) in [5.41, 5.74) is 0.581. The molecule has 2 aromatic heterocycles. The van der Waals surface area contributed by atoms with E-state index in [0.29, 0.717) is 11.4 Å². The molecule has 0 atom stereocenters. The summed E-state index contributed by atoms with van der Waals surface area (Å²) < 4.78 is 15.1. The van der Waals surface area contributed by atoms with Crippen molar-refractivity contribution in [1.29, 1.82) is 0 Å². The normalized spacial score (nSPS) is 11.2. The summed E-state index contributed by atoms with van der Waals surface area (Å²) in [6.07, 6.45) is -0.0351. The molecule has 0 unspecified atom stereocenters. The van der Waals surface area contributed by atoms with Crippen LogP contribution in [0, 0.1) is 19.7 Å². The topological polar surface area (TPSA) is 87.5 Å². The molecule has 0 aliphatic heterocycles. The molecule has 1 aromatic carbocycles. The molecule has 0 saturated heterocycles. The third-order valence-electron chi connectivity index (χ3n) is 3.89. The van der Waals surface area contributed by atoms with Crippen molar-refractivity contribution in [3.05, 3.63) is 67.5 Å². The van der Waals surface area contributed by atoms with Crippen molar-refractivity contribution in [2.24, 2.45) is 0 Å². The standard InChI is InChI=1S/C16H13ClFN3O3/c1-7-9(6-10-11(17)4-3-5-12(10)18)15(22)21-14(19-7)13(16(23)24)8(2)20-21/h3-5,20H,6H2,1-2H3,(H,23,24). The molecule has 0 radical (unpaired) electrons. The van der Waals surface area contributed by atoms with Crippen LogP contribution in [0.2, 0.25) is 5.02 Å². The van der Waals surface area contributed by atoms with Crippen LogP contribution >= 0.6 is 11.6 Å². The quantitative estimate of drug-likeness (QED) is 0.761. The third kappa shape index (κ3) is 2.46. The minimum absolute atomic E-state index is 0.0332. The Balaban J connectivity index is 2.24. The highest BCUT2D eigenvalue weighted by Gasteiger charge is 2.21. The predicted molar refractivity (Wildman–Crippen MR) is 86.5 cm³/mol. The number of benzene rings is 1. The summed E-state index contributed by atoms with van der Waals surface area (Å²) in [4.78, 5) is 28.3. The molecule has 0 saturated carbocycles. The Hall–Kier alpha value is -2.67. The molecule has 124 valence electrons. The van der Waals surface area contributed by atoms with Crippen LogP contribution in [0.3, 0.4) is 0 Å². The number of hydrogen-bond acceptors (Lipinski definition) is 3. The van der Waals surface area contributed by atoms with Crippen molar-refractivity contribution in [2.45, 2.75) is 20.3 Å². The number of nitrogens with zero attached hydrogens (tertiary/aromatic N) is 2. The highest BCUT2D eigenvalue weighted by molar-refractivity contribution is 6.31. The van der Waals surface area contributed by atoms with Crippen LogP contribution in [0.1, 0.15) is 32.9 Å². The largest absolute Gasteiger partial charge is 0.477 e. The smallest absolute Gasteiger partial charge is 0.341 e. The molecule has 24 heavy (non-hydrogen) atoms. The van der Waals surface area contributed by atoms with Crippen LogP contribution in [0.5, 0.6) is 0 Å². The third-order valence-corrected chi connectivity index (χ3v) is 4.24. The molecule has 2 N–H and O–H groups in total. The van der Waals surface area contributed by atoms with Crippen LogP contribution < -0.4 is 5.56 Å². The lowest BCUT2D eigenvalue weighted by atomic mass is 10.0. The Labute approximate surface area is 140 Å². The average molecular weight is 350 g/mol. The second-order valence-corrected chi connectivity index (χ2v) is 5.84. The maximum atomic E-state index is 14.0. The summed E-state index contributed by atoms with van der Waals surface area (Å²) in [5, 5.41) is 12.2. The van der Waals surface area contributed by atoms with E-state index in [-0.39, 0.29) is 33.8 Å². The fraction of sp³-hybridized carbons (Fsp3) is 0.188. The highest BCUT2D eigenvalue weighted by Crippen LogP contribution is 2.22. The van der Waals surface area contributed by atoms with E-state index in [2.05, 4.69) is 10.1 Å². The van der Waals surface area contributed by atoms with Crippen molar-refractivity contribution in [2.75, 3.05) is 0 Å². The number of aromatic amines is 1. The molecule has 0 aliphatic rings. The van der Waals surface area contributed by atoms with E-state index < -0.39 is 17.3 Å². The summed E-state index contributed by atoms with van der Waals surface area (Å²) in [6, 6.07) is 4.29. The maximum absolute atomic E-state index is 14.0. The van der Waals surface area contributed by atoms with Crippen molar-refractivity contribution >= 4 is 23.2 Å². The first-order chi connectivity index (χ1) is 11.3. The van der Waals surface area contributed by atoms with E-state index in [9.17, 15) is 19.1 Å². The molecule has 8 heteroatoms. The lowest BCUT2D eigenvalue weighted by Gasteiger charge is -2.08. The van der Waals surface area contributed by atoms with Gasteiger partial charge in [0, 0.05) is 34.0 Å². The van der Waals surface area contributed by atoms with Gasteiger partial charge >= 0.3 is 5.97 Å². The Morgan fingerprint density at radius 2 is 2.08 bits per heavy atom. The average Bonchev–Trinajstić information content (AvgIpc) is 2.82. The summed E-state index contributed by atoms with van der Waals surface area (Å²) in [6.45, 7) is 3.12. The van der Waals surface area contributed by atoms with Crippen molar-refractivity contribution in [1.82, 2.24) is 14.6 Å². The van der Waals surface area contributed by atoms with Gasteiger partial charge in [0.1, 0.15) is 11.4 Å². The lowest BCUT2D eigenvalue weighted by Crippen LogP contribution is -2.23. The van der Waals surface area contributed by atoms with Gasteiger partial charge in [-0.05, 0) is 26.0 Å². The summed E-state index contributed by atoms with van der Waals surface area (Å²) >= 11 is 6.02. The van der Waals surface area contributed by atoms with Gasteiger partial charge in [0.2, 0.25) is 0 Å². The predicted octanol–water partition coefficient (Wildman–Crippen LogP) is 2.72. The number of H-pyrrole nitrogens is 1. The second-order valence-electron chi connectivity index (χ2n) is 5.43. The van der Waals surface area contributed by atoms with Gasteiger partial charge < -0.3 is 5.11 Å². The number of aromatic carboxylic acids is 1. The maximum Gasteiger partial charge on any atom is 0.341 e. The van der Waals surface area contributed by atoms with Gasteiger partial charge in [-0.1, -0.05) is 17.7 Å². The number of carbonyl (C=O) groups is 1. The molecule has 2 heterocycles. The van der Waals surface area contributed by atoms with Crippen molar-refractivity contribution in [3.63, 3.8) is 0 Å². The molecule has 0 fully saturated rings. The van der Waals surface area contributed by atoms with E-state index in [1.54, 1.807) is 19.9 Å². The number of aryl methyl sites for hydroxylation is 2. The van der Waals surface area contributed by atoms with E-state index >= 15 is 0 Å². The highest BCUT2D eigenvalue weighted by atomic mass is 35.5. The Morgan fingerprint density at radius 3 is 2.71 bits per heavy atom. The van der Waals surface area contributed by atoms with E-state index in [0.717, 1.165) is 4.52 Å². The minimum Gasteiger partial charge on any atom is -0.477 e. The fourth-order valence-electron chi connectivity index (χ4n) is 2.66. The molecular weight excluding hydrogens is 337 g/mol.